The van der Waals surface area contributed by atoms with Gasteiger partial charge < -0.3 is 5.32 Å². The molecular formula is C34H27Cl2IN6O3. The van der Waals surface area contributed by atoms with E-state index in [2.05, 4.69) is 43.9 Å². The number of nitrogens with zero attached hydrogens (tertiary/aromatic N) is 5. The van der Waals surface area contributed by atoms with Crippen LogP contribution in [0.2, 0.25) is 10.0 Å². The maximum absolute atomic E-state index is 14.3. The fourth-order valence-corrected chi connectivity index (χ4v) is 7.28. The number of nitriles is 1. The highest BCUT2D eigenvalue weighted by atomic mass is 127. The van der Waals surface area contributed by atoms with Crippen molar-refractivity contribution in [3.8, 4) is 6.07 Å². The van der Waals surface area contributed by atoms with E-state index in [1.54, 1.807) is 54.0 Å². The Balaban J connectivity index is 1.21. The summed E-state index contributed by atoms with van der Waals surface area (Å²) in [6, 6.07) is 17.9. The summed E-state index contributed by atoms with van der Waals surface area (Å²) in [6.45, 7) is 1.75. The summed E-state index contributed by atoms with van der Waals surface area (Å²) >= 11 is 14.8. The molecule has 0 bridgehead atoms. The van der Waals surface area contributed by atoms with E-state index < -0.39 is 17.0 Å². The van der Waals surface area contributed by atoms with Crippen LogP contribution in [-0.2, 0) is 27.0 Å². The van der Waals surface area contributed by atoms with E-state index in [9.17, 15) is 19.6 Å². The van der Waals surface area contributed by atoms with Gasteiger partial charge in [0.15, 0.2) is 5.78 Å². The van der Waals surface area contributed by atoms with Crippen molar-refractivity contribution in [3.63, 3.8) is 0 Å². The summed E-state index contributed by atoms with van der Waals surface area (Å²) in [5.41, 5.74) is 0.242. The van der Waals surface area contributed by atoms with E-state index in [4.69, 9.17) is 23.2 Å². The molecule has 0 spiro atoms. The third-order valence-corrected chi connectivity index (χ3v) is 10.4. The highest BCUT2D eigenvalue weighted by molar-refractivity contribution is 14.1. The number of rotatable bonds is 9. The molecule has 1 atom stereocenters. The molecule has 3 heterocycles. The molecule has 46 heavy (non-hydrogen) atoms. The Kier molecular flexibility index (Phi) is 7.49. The molecule has 9 nitrogen and oxygen atoms in total. The minimum absolute atomic E-state index is 0.00789. The van der Waals surface area contributed by atoms with Crippen LogP contribution in [0.5, 0.6) is 0 Å². The number of aromatic nitrogens is 3. The van der Waals surface area contributed by atoms with Crippen molar-refractivity contribution in [1.29, 1.82) is 5.26 Å². The van der Waals surface area contributed by atoms with Gasteiger partial charge in [-0.1, -0.05) is 35.3 Å². The van der Waals surface area contributed by atoms with Crippen LogP contribution >= 0.6 is 45.8 Å². The molecule has 3 aliphatic rings. The number of halogens is 3. The van der Waals surface area contributed by atoms with Crippen molar-refractivity contribution >= 4 is 75.0 Å². The number of hydrogen-bond acceptors (Lipinski definition) is 6. The van der Waals surface area contributed by atoms with E-state index in [1.807, 2.05) is 18.3 Å². The van der Waals surface area contributed by atoms with Gasteiger partial charge in [0.25, 0.3) is 11.8 Å². The number of fused-ring (bicyclic) bond motifs is 1. The van der Waals surface area contributed by atoms with Gasteiger partial charge in [-0.15, -0.1) is 0 Å². The van der Waals surface area contributed by atoms with Crippen molar-refractivity contribution < 1.29 is 14.4 Å². The van der Waals surface area contributed by atoms with Crippen molar-refractivity contribution in [3.05, 3.63) is 103 Å². The van der Waals surface area contributed by atoms with Crippen LogP contribution in [0, 0.1) is 14.9 Å². The Labute approximate surface area is 289 Å². The molecule has 0 unspecified atom stereocenters. The molecule has 232 valence electrons. The highest BCUT2D eigenvalue weighted by Gasteiger charge is 2.57. The van der Waals surface area contributed by atoms with Crippen molar-refractivity contribution in [2.24, 2.45) is 0 Å². The van der Waals surface area contributed by atoms with Gasteiger partial charge in [-0.3, -0.25) is 23.9 Å². The molecular weight excluding hydrogens is 738 g/mol. The predicted molar refractivity (Wildman–Crippen MR) is 181 cm³/mol. The Morgan fingerprint density at radius 1 is 1.00 bits per heavy atom. The van der Waals surface area contributed by atoms with Crippen molar-refractivity contribution in [2.45, 2.75) is 61.9 Å². The second-order valence-electron chi connectivity index (χ2n) is 12.6. The van der Waals surface area contributed by atoms with E-state index >= 15 is 0 Å². The van der Waals surface area contributed by atoms with Gasteiger partial charge in [-0.05, 0) is 103 Å². The summed E-state index contributed by atoms with van der Waals surface area (Å²) in [5.74, 6) is -0.578. The van der Waals surface area contributed by atoms with Gasteiger partial charge in [0.2, 0.25) is 5.95 Å². The van der Waals surface area contributed by atoms with Gasteiger partial charge in [0, 0.05) is 43.8 Å². The Morgan fingerprint density at radius 2 is 1.70 bits per heavy atom. The van der Waals surface area contributed by atoms with E-state index in [0.717, 1.165) is 27.7 Å². The third kappa shape index (κ3) is 5.28. The van der Waals surface area contributed by atoms with E-state index in [1.165, 1.54) is 11.1 Å². The second-order valence-corrected chi connectivity index (χ2v) is 14.7. The summed E-state index contributed by atoms with van der Waals surface area (Å²) in [7, 11) is 0. The quantitative estimate of drug-likeness (QED) is 0.191. The first-order chi connectivity index (χ1) is 22.0. The molecule has 2 aromatic carbocycles. The monoisotopic (exact) mass is 764 g/mol. The normalized spacial score (nSPS) is 20.2. The lowest BCUT2D eigenvalue weighted by molar-refractivity contribution is -0.124. The number of hydrogen-bond donors (Lipinski definition) is 1. The smallest absolute Gasteiger partial charge is 0.270 e. The molecule has 0 saturated heterocycles. The molecule has 7 rings (SSSR count). The summed E-state index contributed by atoms with van der Waals surface area (Å²) in [6.07, 6.45) is 6.62. The second kappa shape index (κ2) is 11.2. The number of anilines is 2. The molecule has 2 amide bonds. The van der Waals surface area contributed by atoms with Gasteiger partial charge in [-0.25, -0.2) is 9.88 Å². The lowest BCUT2D eigenvalue weighted by Gasteiger charge is -2.27. The average molecular weight is 765 g/mol. The first-order valence-electron chi connectivity index (χ1n) is 14.8. The van der Waals surface area contributed by atoms with Crippen LogP contribution in [-0.4, -0.2) is 37.7 Å². The first-order valence-corrected chi connectivity index (χ1v) is 16.7. The minimum Gasteiger partial charge on any atom is -0.338 e. The lowest BCUT2D eigenvalue weighted by Crippen LogP contribution is -2.47. The molecule has 12 heteroatoms. The van der Waals surface area contributed by atoms with Crippen LogP contribution in [0.4, 0.5) is 11.6 Å². The largest absolute Gasteiger partial charge is 0.338 e. The number of pyridine rings is 1. The number of Topliss-reactive ketones (excluding diaryl/α,β-unsaturated/α-hetero) is 1. The average Bonchev–Trinajstić information content (AvgIpc) is 3.92. The summed E-state index contributed by atoms with van der Waals surface area (Å²) in [4.78, 5) is 52.7. The topological polar surface area (TPSA) is 121 Å². The Bertz CT molecular complexity index is 1940. The molecule has 1 aliphatic heterocycles. The van der Waals surface area contributed by atoms with Crippen LogP contribution in [0.25, 0.3) is 0 Å². The molecule has 4 aromatic rings. The third-order valence-electron chi connectivity index (χ3n) is 9.33. The Hall–Kier alpha value is -3.79. The number of ketones is 1. The molecule has 2 fully saturated rings. The van der Waals surface area contributed by atoms with Crippen molar-refractivity contribution in [2.75, 3.05) is 4.90 Å². The zero-order chi connectivity index (χ0) is 32.4. The number of carbonyl (C=O) groups excluding carboxylic acids is 3. The van der Waals surface area contributed by atoms with Gasteiger partial charge in [0.1, 0.15) is 11.2 Å². The van der Waals surface area contributed by atoms with Gasteiger partial charge in [-0.2, -0.15) is 5.26 Å². The molecule has 2 aromatic heterocycles. The fraction of sp³-hybridized carbons (Fsp3) is 0.294. The van der Waals surface area contributed by atoms with Crippen LogP contribution in [0.1, 0.15) is 66.3 Å². The Morgan fingerprint density at radius 3 is 2.28 bits per heavy atom. The van der Waals surface area contributed by atoms with E-state index in [-0.39, 0.29) is 35.2 Å². The van der Waals surface area contributed by atoms with E-state index in [0.29, 0.717) is 40.6 Å². The standard InChI is InChI=1S/C34H27Cl2IN6O3/c1-32(15-20-2-4-21(17-38)5-3-20)30(46)42(25-13-22(35)12-23(36)14-25)31-40-19-26(43(31)32)29(45)41-34(10-11-34)28(44)16-33(8-9-33)27-7-6-24(37)18-39-27/h2-7,12-14,18-19H,8-11,15-16H2,1H3,(H,41,45)/t32-/m1/s1. The van der Waals surface area contributed by atoms with Gasteiger partial charge in [0.05, 0.1) is 29.1 Å². The first kappa shape index (κ1) is 30.8. The molecule has 2 aliphatic carbocycles. The van der Waals surface area contributed by atoms with Crippen LogP contribution in [0.3, 0.4) is 0 Å². The molecule has 1 N–H and O–H groups in total. The molecule has 0 radical (unpaired) electrons. The van der Waals surface area contributed by atoms with Crippen molar-refractivity contribution in [1.82, 2.24) is 19.9 Å². The minimum atomic E-state index is -1.28. The maximum Gasteiger partial charge on any atom is 0.270 e. The molecule has 2 saturated carbocycles. The number of amides is 2. The zero-order valence-corrected chi connectivity index (χ0v) is 28.4. The highest BCUT2D eigenvalue weighted by Crippen LogP contribution is 2.53. The van der Waals surface area contributed by atoms with Crippen LogP contribution < -0.4 is 10.2 Å². The van der Waals surface area contributed by atoms with Crippen LogP contribution in [0.15, 0.2) is 67.0 Å². The number of imidazole rings is 1. The fourth-order valence-electron chi connectivity index (χ4n) is 6.44. The SMILES string of the molecule is C[C@@]1(Cc2ccc(C#N)cc2)C(=O)N(c2cc(Cl)cc(Cl)c2)c2ncc(C(=O)NC3(C(=O)CC4(c5ccc(I)cn5)CC4)CC3)n21. The lowest BCUT2D eigenvalue weighted by atomic mass is 9.90. The predicted octanol–water partition coefficient (Wildman–Crippen LogP) is 6.65. The van der Waals surface area contributed by atoms with Gasteiger partial charge >= 0.3 is 0 Å². The number of nitrogens with one attached hydrogen (secondary N) is 1. The summed E-state index contributed by atoms with van der Waals surface area (Å²) < 4.78 is 2.67. The zero-order valence-electron chi connectivity index (χ0n) is 24.7. The number of benzene rings is 2. The number of carbonyl (C=O) groups is 3. The summed E-state index contributed by atoms with van der Waals surface area (Å²) in [5, 5.41) is 13.0. The maximum atomic E-state index is 14.3.